The van der Waals surface area contributed by atoms with Crippen molar-refractivity contribution in [2.75, 3.05) is 23.9 Å². The maximum Gasteiger partial charge on any atom is 0.408 e. The molecule has 8 heteroatoms. The largest absolute Gasteiger partial charge is 0.444 e. The van der Waals surface area contributed by atoms with Crippen LogP contribution in [0, 0.1) is 26.2 Å². The van der Waals surface area contributed by atoms with Gasteiger partial charge in [0.1, 0.15) is 17.7 Å². The van der Waals surface area contributed by atoms with Gasteiger partial charge in [-0.25, -0.2) is 4.79 Å². The number of unbranched alkanes of at least 4 members (excludes halogenated alkanes) is 3. The summed E-state index contributed by atoms with van der Waals surface area (Å²) >= 11 is 1.58. The first kappa shape index (κ1) is 34.8. The van der Waals surface area contributed by atoms with Crippen molar-refractivity contribution in [2.24, 2.45) is 0 Å². The van der Waals surface area contributed by atoms with Gasteiger partial charge in [0.25, 0.3) is 5.91 Å². The molecule has 3 amide bonds. The Labute approximate surface area is 256 Å². The number of nitrogens with one attached hydrogen (secondary N) is 2. The lowest BCUT2D eigenvalue weighted by molar-refractivity contribution is -0.141. The zero-order chi connectivity index (χ0) is 31.3. The number of amides is 3. The molecule has 0 saturated carbocycles. The van der Waals surface area contributed by atoms with Gasteiger partial charge in [-0.1, -0.05) is 68.5 Å². The van der Waals surface area contributed by atoms with E-state index >= 15 is 0 Å². The average Bonchev–Trinajstić information content (AvgIpc) is 2.93. The van der Waals surface area contributed by atoms with E-state index in [1.165, 1.54) is 0 Å². The van der Waals surface area contributed by atoms with E-state index in [1.54, 1.807) is 49.6 Å². The lowest BCUT2D eigenvalue weighted by Crippen LogP contribution is -2.53. The highest BCUT2D eigenvalue weighted by Crippen LogP contribution is 2.29. The van der Waals surface area contributed by atoms with Crippen LogP contribution in [0.5, 0.6) is 0 Å². The van der Waals surface area contributed by atoms with Crippen molar-refractivity contribution in [3.05, 3.63) is 64.7 Å². The summed E-state index contributed by atoms with van der Waals surface area (Å²) in [5.41, 5.74) is 2.90. The van der Waals surface area contributed by atoms with E-state index in [1.807, 2.05) is 50.4 Å². The Morgan fingerprint density at radius 1 is 1.02 bits per heavy atom. The van der Waals surface area contributed by atoms with E-state index in [0.29, 0.717) is 42.0 Å². The van der Waals surface area contributed by atoms with E-state index in [-0.39, 0.29) is 11.8 Å². The second-order valence-corrected chi connectivity index (χ2v) is 12.4. The fraction of sp³-hybridized carbons (Fsp3) is 0.500. The quantitative estimate of drug-likeness (QED) is 0.182. The van der Waals surface area contributed by atoms with Crippen LogP contribution in [-0.4, -0.2) is 53.0 Å². The smallest absolute Gasteiger partial charge is 0.408 e. The molecular weight excluding hydrogens is 546 g/mol. The molecule has 0 aromatic heterocycles. The zero-order valence-electron chi connectivity index (χ0n) is 26.2. The number of carbonyl (C=O) groups is 3. The van der Waals surface area contributed by atoms with Gasteiger partial charge in [-0.15, -0.1) is 6.42 Å². The zero-order valence-corrected chi connectivity index (χ0v) is 27.0. The normalized spacial score (nSPS) is 12.5. The molecule has 2 rings (SSSR count). The Hall–Kier alpha value is -3.44. The number of carbonyl (C=O) groups excluding carboxylic acids is 3. The van der Waals surface area contributed by atoms with E-state index < -0.39 is 23.8 Å². The molecule has 42 heavy (non-hydrogen) atoms. The minimum atomic E-state index is -1.01. The monoisotopic (exact) mass is 593 g/mol. The number of alkyl carbamates (subject to hydrolysis) is 1. The Bertz CT molecular complexity index is 1230. The van der Waals surface area contributed by atoms with Gasteiger partial charge in [0, 0.05) is 17.8 Å². The van der Waals surface area contributed by atoms with Gasteiger partial charge < -0.3 is 20.3 Å². The Kier molecular flexibility index (Phi) is 14.0. The van der Waals surface area contributed by atoms with Gasteiger partial charge in [0.15, 0.2) is 0 Å². The van der Waals surface area contributed by atoms with Crippen LogP contribution in [0.25, 0.3) is 0 Å². The fourth-order valence-corrected chi connectivity index (χ4v) is 5.21. The predicted molar refractivity (Wildman–Crippen MR) is 174 cm³/mol. The van der Waals surface area contributed by atoms with Crippen LogP contribution in [0.2, 0.25) is 0 Å². The number of hydrogen-bond acceptors (Lipinski definition) is 5. The molecule has 0 spiro atoms. The van der Waals surface area contributed by atoms with Gasteiger partial charge in [-0.3, -0.25) is 9.59 Å². The highest BCUT2D eigenvalue weighted by molar-refractivity contribution is 7.98. The molecule has 2 unspecified atom stereocenters. The Balaban J connectivity index is 2.63. The molecule has 0 saturated heterocycles. The third kappa shape index (κ3) is 10.4. The van der Waals surface area contributed by atoms with Crippen molar-refractivity contribution >= 4 is 35.4 Å². The average molecular weight is 594 g/mol. The minimum Gasteiger partial charge on any atom is -0.444 e. The van der Waals surface area contributed by atoms with Crippen molar-refractivity contribution in [1.29, 1.82) is 0 Å². The Morgan fingerprint density at radius 3 is 2.29 bits per heavy atom. The first-order valence-corrected chi connectivity index (χ1v) is 16.0. The molecule has 2 aromatic carbocycles. The van der Waals surface area contributed by atoms with Crippen LogP contribution in [0.3, 0.4) is 0 Å². The Morgan fingerprint density at radius 2 is 1.69 bits per heavy atom. The van der Waals surface area contributed by atoms with E-state index in [4.69, 9.17) is 11.2 Å². The molecule has 0 heterocycles. The molecule has 0 fully saturated rings. The molecule has 7 nitrogen and oxygen atoms in total. The van der Waals surface area contributed by atoms with Crippen molar-refractivity contribution in [1.82, 2.24) is 10.2 Å². The van der Waals surface area contributed by atoms with E-state index in [2.05, 4.69) is 23.5 Å². The maximum atomic E-state index is 14.4. The highest BCUT2D eigenvalue weighted by atomic mass is 32.2. The third-order valence-electron chi connectivity index (χ3n) is 6.84. The van der Waals surface area contributed by atoms with Gasteiger partial charge in [-0.2, -0.15) is 11.8 Å². The summed E-state index contributed by atoms with van der Waals surface area (Å²) in [5, 5.41) is 5.90. The molecule has 0 radical (unpaired) electrons. The second kappa shape index (κ2) is 16.9. The molecule has 0 aliphatic heterocycles. The van der Waals surface area contributed by atoms with Crippen LogP contribution in [0.1, 0.15) is 88.1 Å². The molecule has 2 atom stereocenters. The number of terminal acetylenes is 1. The number of para-hydroxylation sites is 1. The van der Waals surface area contributed by atoms with Crippen molar-refractivity contribution in [3.8, 4) is 12.3 Å². The molecule has 0 bridgehead atoms. The number of ether oxygens (including phenoxy) is 1. The number of hydrogen-bond donors (Lipinski definition) is 2. The summed E-state index contributed by atoms with van der Waals surface area (Å²) in [4.78, 5) is 43.1. The number of benzene rings is 2. The van der Waals surface area contributed by atoms with Crippen molar-refractivity contribution in [3.63, 3.8) is 0 Å². The summed E-state index contributed by atoms with van der Waals surface area (Å²) in [6, 6.07) is 11.1. The van der Waals surface area contributed by atoms with Gasteiger partial charge in [0.05, 0.1) is 0 Å². The number of nitrogens with zero attached hydrogens (tertiary/aromatic N) is 1. The van der Waals surface area contributed by atoms with Crippen molar-refractivity contribution in [2.45, 2.75) is 91.3 Å². The van der Waals surface area contributed by atoms with Crippen LogP contribution in [0.15, 0.2) is 42.5 Å². The third-order valence-corrected chi connectivity index (χ3v) is 7.48. The maximum absolute atomic E-state index is 14.4. The van der Waals surface area contributed by atoms with Gasteiger partial charge in [0.2, 0.25) is 5.91 Å². The summed E-state index contributed by atoms with van der Waals surface area (Å²) in [7, 11) is 0. The number of anilines is 1. The number of thioether (sulfide) groups is 1. The highest BCUT2D eigenvalue weighted by Gasteiger charge is 2.37. The summed E-state index contributed by atoms with van der Waals surface area (Å²) in [6.45, 7) is 11.6. The topological polar surface area (TPSA) is 87.7 Å². The molecule has 2 N–H and O–H groups in total. The molecule has 0 aliphatic rings. The van der Waals surface area contributed by atoms with Gasteiger partial charge >= 0.3 is 6.09 Å². The summed E-state index contributed by atoms with van der Waals surface area (Å²) in [6.07, 6.45) is 11.2. The van der Waals surface area contributed by atoms with Crippen LogP contribution in [0.4, 0.5) is 10.5 Å². The van der Waals surface area contributed by atoms with Crippen LogP contribution < -0.4 is 10.6 Å². The van der Waals surface area contributed by atoms with E-state index in [0.717, 1.165) is 30.4 Å². The van der Waals surface area contributed by atoms with Gasteiger partial charge in [-0.05, 0) is 82.2 Å². The lowest BCUT2D eigenvalue weighted by Gasteiger charge is -2.35. The SMILES string of the molecule is C#Cc1ccccc1C(C(=O)Nc1c(C)cccc1C)N(CCCCCC)C(=O)C(CCSC)NC(=O)OC(C)(C)C. The summed E-state index contributed by atoms with van der Waals surface area (Å²) in [5.74, 6) is 2.62. The molecule has 0 aliphatic carbocycles. The standard InChI is InChI=1S/C34H47N3O4S/c1-9-11-12-15-22-37(32(39)28(21-23-42-8)35-33(40)41-34(5,6)7)30(27-20-14-13-19-26(27)10-2)31(38)36-29-24(3)17-16-18-25(29)4/h2,13-14,16-20,28,30H,9,11-12,15,21-23H2,1,3-8H3,(H,35,40)(H,36,38). The van der Waals surface area contributed by atoms with E-state index in [9.17, 15) is 14.4 Å². The fourth-order valence-electron chi connectivity index (χ4n) is 4.74. The molecule has 228 valence electrons. The second-order valence-electron chi connectivity index (χ2n) is 11.5. The molecule has 2 aromatic rings. The number of rotatable bonds is 14. The first-order valence-electron chi connectivity index (χ1n) is 14.6. The molecular formula is C34H47N3O4S. The van der Waals surface area contributed by atoms with Crippen LogP contribution in [-0.2, 0) is 14.3 Å². The predicted octanol–water partition coefficient (Wildman–Crippen LogP) is 7.02. The minimum absolute atomic E-state index is 0.328. The summed E-state index contributed by atoms with van der Waals surface area (Å²) < 4.78 is 5.49. The number of aryl methyl sites for hydroxylation is 2. The van der Waals surface area contributed by atoms with Crippen molar-refractivity contribution < 1.29 is 19.1 Å². The van der Waals surface area contributed by atoms with Crippen LogP contribution >= 0.6 is 11.8 Å². The lowest BCUT2D eigenvalue weighted by atomic mass is 9.96. The first-order chi connectivity index (χ1) is 19.9.